The molecule has 3 aromatic rings. The molecule has 0 aliphatic rings. The van der Waals surface area contributed by atoms with Crippen LogP contribution in [0, 0.1) is 27.7 Å². The van der Waals surface area contributed by atoms with E-state index >= 15 is 0 Å². The molecule has 1 heterocycles. The van der Waals surface area contributed by atoms with Crippen molar-refractivity contribution in [2.75, 3.05) is 5.73 Å². The summed E-state index contributed by atoms with van der Waals surface area (Å²) in [4.78, 5) is 8.25. The number of halogens is 1. The summed E-state index contributed by atoms with van der Waals surface area (Å²) < 4.78 is 11.7. The van der Waals surface area contributed by atoms with Crippen molar-refractivity contribution < 1.29 is 9.47 Å². The van der Waals surface area contributed by atoms with Gasteiger partial charge in [0.25, 0.3) is 0 Å². The Kier molecular flexibility index (Phi) is 5.00. The third kappa shape index (κ3) is 3.89. The SMILES string of the molecule is Cc1cc(C)cc(Oc2ncnc(Oc3cc(C)c(Cl)c(C)c3)c2N)c1. The van der Waals surface area contributed by atoms with Gasteiger partial charge in [-0.2, -0.15) is 9.97 Å². The Morgan fingerprint density at radius 1 is 0.769 bits per heavy atom. The summed E-state index contributed by atoms with van der Waals surface area (Å²) in [5.74, 6) is 1.76. The maximum atomic E-state index is 6.20. The summed E-state index contributed by atoms with van der Waals surface area (Å²) in [7, 11) is 0. The van der Waals surface area contributed by atoms with Crippen molar-refractivity contribution in [3.63, 3.8) is 0 Å². The molecule has 0 amide bonds. The van der Waals surface area contributed by atoms with Gasteiger partial charge in [0.1, 0.15) is 17.8 Å². The van der Waals surface area contributed by atoms with Gasteiger partial charge in [-0.1, -0.05) is 17.7 Å². The molecule has 0 unspecified atom stereocenters. The number of anilines is 1. The number of rotatable bonds is 4. The number of aryl methyl sites for hydroxylation is 4. The largest absolute Gasteiger partial charge is 0.437 e. The van der Waals surface area contributed by atoms with Crippen LogP contribution in [-0.4, -0.2) is 9.97 Å². The number of hydrogen-bond acceptors (Lipinski definition) is 5. The first-order valence-electron chi connectivity index (χ1n) is 8.14. The van der Waals surface area contributed by atoms with E-state index in [-0.39, 0.29) is 17.4 Å². The van der Waals surface area contributed by atoms with Gasteiger partial charge in [-0.15, -0.1) is 0 Å². The smallest absolute Gasteiger partial charge is 0.249 e. The number of hydrogen-bond donors (Lipinski definition) is 1. The van der Waals surface area contributed by atoms with Gasteiger partial charge >= 0.3 is 0 Å². The monoisotopic (exact) mass is 369 g/mol. The first-order chi connectivity index (χ1) is 12.3. The molecule has 3 rings (SSSR count). The van der Waals surface area contributed by atoms with Crippen LogP contribution in [-0.2, 0) is 0 Å². The van der Waals surface area contributed by atoms with Gasteiger partial charge in [0.05, 0.1) is 0 Å². The molecule has 2 N–H and O–H groups in total. The molecule has 0 saturated heterocycles. The van der Waals surface area contributed by atoms with Gasteiger partial charge in [-0.3, -0.25) is 0 Å². The number of nitrogens with zero attached hydrogens (tertiary/aromatic N) is 2. The molecule has 26 heavy (non-hydrogen) atoms. The van der Waals surface area contributed by atoms with E-state index in [4.69, 9.17) is 26.8 Å². The molecule has 1 aromatic heterocycles. The van der Waals surface area contributed by atoms with Crippen LogP contribution < -0.4 is 15.2 Å². The van der Waals surface area contributed by atoms with Gasteiger partial charge in [-0.25, -0.2) is 0 Å². The van der Waals surface area contributed by atoms with Crippen molar-refractivity contribution in [1.82, 2.24) is 9.97 Å². The fourth-order valence-corrected chi connectivity index (χ4v) is 2.82. The summed E-state index contributed by atoms with van der Waals surface area (Å²) in [5.41, 5.74) is 10.4. The topological polar surface area (TPSA) is 70.3 Å². The lowest BCUT2D eigenvalue weighted by atomic mass is 10.1. The molecule has 0 aliphatic heterocycles. The molecule has 5 nitrogen and oxygen atoms in total. The zero-order valence-electron chi connectivity index (χ0n) is 15.1. The van der Waals surface area contributed by atoms with Gasteiger partial charge in [0.15, 0.2) is 5.69 Å². The number of nitrogens with two attached hydrogens (primary N) is 1. The Morgan fingerprint density at radius 2 is 1.23 bits per heavy atom. The zero-order valence-corrected chi connectivity index (χ0v) is 15.9. The molecule has 134 valence electrons. The molecular formula is C20H20ClN3O2. The summed E-state index contributed by atoms with van der Waals surface area (Å²) in [6.07, 6.45) is 1.36. The van der Waals surface area contributed by atoms with Crippen LogP contribution in [0.2, 0.25) is 5.02 Å². The minimum atomic E-state index is 0.233. The molecule has 0 spiro atoms. The Morgan fingerprint density at radius 3 is 1.73 bits per heavy atom. The molecule has 2 aromatic carbocycles. The fraction of sp³-hybridized carbons (Fsp3) is 0.200. The first-order valence-corrected chi connectivity index (χ1v) is 8.52. The lowest BCUT2D eigenvalue weighted by Crippen LogP contribution is -2.01. The second kappa shape index (κ2) is 7.22. The number of aromatic nitrogens is 2. The third-order valence-electron chi connectivity index (χ3n) is 3.85. The molecule has 0 saturated carbocycles. The van der Waals surface area contributed by atoms with E-state index < -0.39 is 0 Å². The second-order valence-corrected chi connectivity index (χ2v) is 6.67. The first kappa shape index (κ1) is 18.0. The summed E-state index contributed by atoms with van der Waals surface area (Å²) in [5, 5.41) is 0.715. The van der Waals surface area contributed by atoms with E-state index in [0.29, 0.717) is 16.5 Å². The lowest BCUT2D eigenvalue weighted by molar-refractivity contribution is 0.438. The van der Waals surface area contributed by atoms with Crippen LogP contribution in [0.15, 0.2) is 36.7 Å². The van der Waals surface area contributed by atoms with Crippen molar-refractivity contribution in [3.8, 4) is 23.3 Å². The molecule has 0 aliphatic carbocycles. The van der Waals surface area contributed by atoms with Gasteiger partial charge < -0.3 is 15.2 Å². The average Bonchev–Trinajstić information content (AvgIpc) is 2.55. The quantitative estimate of drug-likeness (QED) is 0.654. The van der Waals surface area contributed by atoms with E-state index in [2.05, 4.69) is 16.0 Å². The molecule has 0 bridgehead atoms. The minimum Gasteiger partial charge on any atom is -0.437 e. The van der Waals surface area contributed by atoms with Crippen LogP contribution in [0.1, 0.15) is 22.3 Å². The highest BCUT2D eigenvalue weighted by molar-refractivity contribution is 6.32. The van der Waals surface area contributed by atoms with Crippen LogP contribution in [0.4, 0.5) is 5.69 Å². The maximum absolute atomic E-state index is 6.20. The standard InChI is InChI=1S/C20H20ClN3O2/c1-11-5-12(2)7-15(6-11)25-19-18(22)20(24-10-23-19)26-16-8-13(3)17(21)14(4)9-16/h5-10H,22H2,1-4H3. The van der Waals surface area contributed by atoms with E-state index in [1.54, 1.807) is 0 Å². The van der Waals surface area contributed by atoms with Crippen molar-refractivity contribution >= 4 is 17.3 Å². The highest BCUT2D eigenvalue weighted by Gasteiger charge is 2.14. The molecule has 0 atom stereocenters. The van der Waals surface area contributed by atoms with Crippen molar-refractivity contribution in [1.29, 1.82) is 0 Å². The summed E-state index contributed by atoms with van der Waals surface area (Å²) >= 11 is 6.20. The average molecular weight is 370 g/mol. The van der Waals surface area contributed by atoms with Gasteiger partial charge in [0.2, 0.25) is 11.8 Å². The Hall–Kier alpha value is -2.79. The molecule has 6 heteroatoms. The lowest BCUT2D eigenvalue weighted by Gasteiger charge is -2.13. The minimum absolute atomic E-state index is 0.233. The number of nitrogen functional groups attached to an aromatic ring is 1. The van der Waals surface area contributed by atoms with Crippen molar-refractivity contribution in [2.45, 2.75) is 27.7 Å². The maximum Gasteiger partial charge on any atom is 0.249 e. The molecule has 0 fully saturated rings. The number of benzene rings is 2. The number of ether oxygens (including phenoxy) is 2. The van der Waals surface area contributed by atoms with E-state index in [9.17, 15) is 0 Å². The summed E-state index contributed by atoms with van der Waals surface area (Å²) in [6.45, 7) is 7.84. The highest BCUT2D eigenvalue weighted by Crippen LogP contribution is 2.35. The van der Waals surface area contributed by atoms with Crippen LogP contribution in [0.25, 0.3) is 0 Å². The second-order valence-electron chi connectivity index (χ2n) is 6.30. The third-order valence-corrected chi connectivity index (χ3v) is 4.44. The van der Waals surface area contributed by atoms with Gasteiger partial charge in [0, 0.05) is 5.02 Å². The van der Waals surface area contributed by atoms with E-state index in [1.165, 1.54) is 6.33 Å². The Labute approximate surface area is 157 Å². The highest BCUT2D eigenvalue weighted by atomic mass is 35.5. The predicted octanol–water partition coefficient (Wildman–Crippen LogP) is 5.53. The van der Waals surface area contributed by atoms with Crippen LogP contribution in [0.5, 0.6) is 23.3 Å². The van der Waals surface area contributed by atoms with E-state index in [0.717, 1.165) is 22.3 Å². The van der Waals surface area contributed by atoms with Gasteiger partial charge in [-0.05, 0) is 74.2 Å². The Balaban J connectivity index is 1.90. The van der Waals surface area contributed by atoms with Crippen molar-refractivity contribution in [3.05, 3.63) is 63.9 Å². The molecular weight excluding hydrogens is 350 g/mol. The fourth-order valence-electron chi connectivity index (χ4n) is 2.71. The van der Waals surface area contributed by atoms with Crippen LogP contribution >= 0.6 is 11.6 Å². The summed E-state index contributed by atoms with van der Waals surface area (Å²) in [6, 6.07) is 9.57. The zero-order chi connectivity index (χ0) is 18.8. The normalized spacial score (nSPS) is 10.7. The Bertz CT molecular complexity index is 930. The van der Waals surface area contributed by atoms with Crippen molar-refractivity contribution in [2.24, 2.45) is 0 Å². The predicted molar refractivity (Wildman–Crippen MR) is 103 cm³/mol. The van der Waals surface area contributed by atoms with E-state index in [1.807, 2.05) is 52.0 Å². The van der Waals surface area contributed by atoms with Crippen LogP contribution in [0.3, 0.4) is 0 Å². The molecule has 0 radical (unpaired) electrons.